The third-order valence-electron chi connectivity index (χ3n) is 4.45. The van der Waals surface area contributed by atoms with Gasteiger partial charge in [0.15, 0.2) is 0 Å². The summed E-state index contributed by atoms with van der Waals surface area (Å²) in [5.74, 6) is 0. The molecule has 3 rings (SSSR count). The van der Waals surface area contributed by atoms with Crippen LogP contribution in [0, 0.1) is 0 Å². The Balaban J connectivity index is 1.90. The minimum Gasteiger partial charge on any atom is -0.274 e. The Morgan fingerprint density at radius 3 is 2.59 bits per heavy atom. The fourth-order valence-electron chi connectivity index (χ4n) is 3.16. The number of aryl methyl sites for hydroxylation is 1. The van der Waals surface area contributed by atoms with Gasteiger partial charge in [-0.1, -0.05) is 37.3 Å². The van der Waals surface area contributed by atoms with Crippen molar-refractivity contribution < 1.29 is 8.42 Å². The third kappa shape index (κ3) is 2.68. The molecule has 0 amide bonds. The molecule has 1 aromatic heterocycles. The summed E-state index contributed by atoms with van der Waals surface area (Å²) in [6, 6.07) is 10.2. The van der Waals surface area contributed by atoms with Gasteiger partial charge >= 0.3 is 0 Å². The van der Waals surface area contributed by atoms with Gasteiger partial charge in [0, 0.05) is 31.7 Å². The van der Waals surface area contributed by atoms with Crippen LogP contribution in [0.3, 0.4) is 0 Å². The number of hydrogen-bond acceptors (Lipinski definition) is 3. The molecule has 6 heteroatoms. The lowest BCUT2D eigenvalue weighted by Gasteiger charge is -2.40. The minimum atomic E-state index is -3.47. The van der Waals surface area contributed by atoms with Crippen molar-refractivity contribution in [2.45, 2.75) is 30.1 Å². The van der Waals surface area contributed by atoms with Crippen LogP contribution < -0.4 is 0 Å². The Morgan fingerprint density at radius 1 is 1.23 bits per heavy atom. The summed E-state index contributed by atoms with van der Waals surface area (Å²) in [5.41, 5.74) is 1.05. The van der Waals surface area contributed by atoms with Crippen molar-refractivity contribution in [3.63, 3.8) is 0 Å². The molecule has 0 radical (unpaired) electrons. The fraction of sp³-hybridized carbons (Fsp3) is 0.438. The average Bonchev–Trinajstić information content (AvgIpc) is 2.96. The van der Waals surface area contributed by atoms with Crippen LogP contribution >= 0.6 is 0 Å². The van der Waals surface area contributed by atoms with E-state index in [4.69, 9.17) is 0 Å². The molecule has 5 nitrogen and oxygen atoms in total. The van der Waals surface area contributed by atoms with E-state index < -0.39 is 10.0 Å². The van der Waals surface area contributed by atoms with Crippen molar-refractivity contribution in [3.8, 4) is 0 Å². The number of benzene rings is 1. The van der Waals surface area contributed by atoms with E-state index >= 15 is 0 Å². The van der Waals surface area contributed by atoms with E-state index in [2.05, 4.69) is 24.2 Å². The summed E-state index contributed by atoms with van der Waals surface area (Å²) in [6.45, 7) is 3.22. The highest BCUT2D eigenvalue weighted by Crippen LogP contribution is 2.35. The van der Waals surface area contributed by atoms with Crippen LogP contribution in [0.15, 0.2) is 47.6 Å². The van der Waals surface area contributed by atoms with Crippen LogP contribution in [0.4, 0.5) is 0 Å². The first kappa shape index (κ1) is 15.2. The molecule has 2 aromatic rings. The van der Waals surface area contributed by atoms with E-state index in [0.29, 0.717) is 13.1 Å². The molecule has 1 aliphatic rings. The number of aromatic nitrogens is 2. The molecule has 1 aliphatic heterocycles. The highest BCUT2D eigenvalue weighted by atomic mass is 32.2. The van der Waals surface area contributed by atoms with Gasteiger partial charge in [-0.25, -0.2) is 8.42 Å². The summed E-state index contributed by atoms with van der Waals surface area (Å²) >= 11 is 0. The molecule has 2 heterocycles. The van der Waals surface area contributed by atoms with Crippen LogP contribution in [-0.2, 0) is 22.5 Å². The molecule has 1 aromatic carbocycles. The van der Waals surface area contributed by atoms with Gasteiger partial charge in [0.2, 0.25) is 10.0 Å². The standard InChI is InChI=1S/C16H21N3O2S/c1-16(14-7-4-3-5-8-14)9-6-10-19(13-16)22(20,21)15-11-17-18(2)12-15/h3-5,7-8,11-12H,6,9-10,13H2,1-2H3. The highest BCUT2D eigenvalue weighted by Gasteiger charge is 2.38. The molecule has 1 unspecified atom stereocenters. The van der Waals surface area contributed by atoms with Gasteiger partial charge < -0.3 is 0 Å². The third-order valence-corrected chi connectivity index (χ3v) is 6.25. The van der Waals surface area contributed by atoms with Gasteiger partial charge in [0.05, 0.1) is 6.20 Å². The van der Waals surface area contributed by atoms with Crippen molar-refractivity contribution in [1.82, 2.24) is 14.1 Å². The van der Waals surface area contributed by atoms with Crippen LogP contribution in [-0.4, -0.2) is 35.6 Å². The summed E-state index contributed by atoms with van der Waals surface area (Å²) in [6.07, 6.45) is 4.84. The van der Waals surface area contributed by atoms with Crippen molar-refractivity contribution in [3.05, 3.63) is 48.3 Å². The Bertz CT molecular complexity index is 755. The molecule has 22 heavy (non-hydrogen) atoms. The zero-order chi connectivity index (χ0) is 15.8. The summed E-state index contributed by atoms with van der Waals surface area (Å²) < 4.78 is 28.7. The lowest BCUT2D eigenvalue weighted by Crippen LogP contribution is -2.46. The maximum Gasteiger partial charge on any atom is 0.246 e. The van der Waals surface area contributed by atoms with E-state index in [-0.39, 0.29) is 10.3 Å². The number of piperidine rings is 1. The van der Waals surface area contributed by atoms with Crippen LogP contribution in [0.1, 0.15) is 25.3 Å². The zero-order valence-corrected chi connectivity index (χ0v) is 13.8. The predicted molar refractivity (Wildman–Crippen MR) is 85.0 cm³/mol. The Morgan fingerprint density at radius 2 is 1.95 bits per heavy atom. The second-order valence-corrected chi connectivity index (χ2v) is 8.16. The first-order valence-electron chi connectivity index (χ1n) is 7.46. The van der Waals surface area contributed by atoms with E-state index in [0.717, 1.165) is 12.8 Å². The minimum absolute atomic E-state index is 0.144. The molecule has 0 aliphatic carbocycles. The molecule has 0 bridgehead atoms. The quantitative estimate of drug-likeness (QED) is 0.871. The summed E-state index contributed by atoms with van der Waals surface area (Å²) in [4.78, 5) is 0.271. The Kier molecular flexibility index (Phi) is 3.82. The van der Waals surface area contributed by atoms with Crippen molar-refractivity contribution >= 4 is 10.0 Å². The van der Waals surface area contributed by atoms with Crippen molar-refractivity contribution in [2.75, 3.05) is 13.1 Å². The molecule has 0 saturated carbocycles. The van der Waals surface area contributed by atoms with Gasteiger partial charge in [-0.2, -0.15) is 9.40 Å². The lowest BCUT2D eigenvalue weighted by atomic mass is 9.77. The first-order valence-corrected chi connectivity index (χ1v) is 8.90. The molecule has 0 N–H and O–H groups in total. The lowest BCUT2D eigenvalue weighted by molar-refractivity contribution is 0.240. The SMILES string of the molecule is Cn1cc(S(=O)(=O)N2CCCC(C)(c3ccccc3)C2)cn1. The summed E-state index contributed by atoms with van der Waals surface area (Å²) in [5, 5.41) is 3.98. The summed E-state index contributed by atoms with van der Waals surface area (Å²) in [7, 11) is -1.74. The molecule has 1 fully saturated rings. The fourth-order valence-corrected chi connectivity index (χ4v) is 4.74. The second kappa shape index (κ2) is 5.52. The number of sulfonamides is 1. The Labute approximate surface area is 131 Å². The van der Waals surface area contributed by atoms with E-state index in [9.17, 15) is 8.42 Å². The van der Waals surface area contributed by atoms with E-state index in [1.54, 1.807) is 17.5 Å². The first-order chi connectivity index (χ1) is 10.4. The maximum atomic E-state index is 12.8. The number of hydrogen-bond donors (Lipinski definition) is 0. The van der Waals surface area contributed by atoms with Crippen molar-refractivity contribution in [1.29, 1.82) is 0 Å². The zero-order valence-electron chi connectivity index (χ0n) is 12.9. The largest absolute Gasteiger partial charge is 0.274 e. The van der Waals surface area contributed by atoms with E-state index in [1.165, 1.54) is 16.4 Å². The van der Waals surface area contributed by atoms with Gasteiger partial charge in [-0.05, 0) is 18.4 Å². The smallest absolute Gasteiger partial charge is 0.246 e. The predicted octanol–water partition coefficient (Wildman–Crippen LogP) is 2.16. The molecular formula is C16H21N3O2S. The normalized spacial score (nSPS) is 23.5. The Hall–Kier alpha value is -1.66. The topological polar surface area (TPSA) is 55.2 Å². The number of nitrogens with zero attached hydrogens (tertiary/aromatic N) is 3. The maximum absolute atomic E-state index is 12.8. The van der Waals surface area contributed by atoms with E-state index in [1.807, 2.05) is 18.2 Å². The van der Waals surface area contributed by atoms with Crippen LogP contribution in [0.2, 0.25) is 0 Å². The van der Waals surface area contributed by atoms with Gasteiger partial charge in [-0.3, -0.25) is 4.68 Å². The van der Waals surface area contributed by atoms with Crippen molar-refractivity contribution in [2.24, 2.45) is 7.05 Å². The molecule has 0 spiro atoms. The number of rotatable bonds is 3. The van der Waals surface area contributed by atoms with Gasteiger partial charge in [-0.15, -0.1) is 0 Å². The van der Waals surface area contributed by atoms with Gasteiger partial charge in [0.1, 0.15) is 4.90 Å². The molecule has 1 saturated heterocycles. The molecule has 1 atom stereocenters. The van der Waals surface area contributed by atoms with Crippen LogP contribution in [0.5, 0.6) is 0 Å². The van der Waals surface area contributed by atoms with Crippen LogP contribution in [0.25, 0.3) is 0 Å². The van der Waals surface area contributed by atoms with Gasteiger partial charge in [0.25, 0.3) is 0 Å². The monoisotopic (exact) mass is 319 g/mol. The molecule has 118 valence electrons. The average molecular weight is 319 g/mol. The molecular weight excluding hydrogens is 298 g/mol. The second-order valence-electron chi connectivity index (χ2n) is 6.22. The highest BCUT2D eigenvalue weighted by molar-refractivity contribution is 7.89.